The molecule has 0 bridgehead atoms. The lowest BCUT2D eigenvalue weighted by atomic mass is 10.1. The highest BCUT2D eigenvalue weighted by atomic mass is 16.3. The topological polar surface area (TPSA) is 40.5 Å². The molecule has 0 saturated heterocycles. The van der Waals surface area contributed by atoms with E-state index >= 15 is 0 Å². The van der Waals surface area contributed by atoms with Gasteiger partial charge in [-0.15, -0.1) is 0 Å². The van der Waals surface area contributed by atoms with Crippen LogP contribution in [-0.4, -0.2) is 36.4 Å². The van der Waals surface area contributed by atoms with Crippen LogP contribution in [0.4, 0.5) is 0 Å². The van der Waals surface area contributed by atoms with Gasteiger partial charge in [-0.05, 0) is 38.4 Å². The number of hydrogen-bond acceptors (Lipinski definition) is 3. The van der Waals surface area contributed by atoms with Crippen LogP contribution in [0.25, 0.3) is 0 Å². The molecule has 0 fully saturated rings. The zero-order chi connectivity index (χ0) is 10.6. The van der Waals surface area contributed by atoms with Crippen molar-refractivity contribution in [3.63, 3.8) is 0 Å². The number of hydrogen-bond donors (Lipinski definition) is 1. The molecule has 1 aromatic rings. The van der Waals surface area contributed by atoms with E-state index in [-0.39, 0.29) is 11.5 Å². The van der Waals surface area contributed by atoms with Gasteiger partial charge in [-0.2, -0.15) is 0 Å². The summed E-state index contributed by atoms with van der Waals surface area (Å²) in [6, 6.07) is 6.35. The Morgan fingerprint density at radius 1 is 1.29 bits per heavy atom. The molecule has 0 aliphatic rings. The minimum Gasteiger partial charge on any atom is -0.508 e. The predicted molar refractivity (Wildman–Crippen MR) is 55.6 cm³/mol. The van der Waals surface area contributed by atoms with E-state index in [2.05, 4.69) is 0 Å². The van der Waals surface area contributed by atoms with Gasteiger partial charge < -0.3 is 10.0 Å². The molecule has 1 aromatic carbocycles. The van der Waals surface area contributed by atoms with E-state index in [4.69, 9.17) is 5.11 Å². The maximum absolute atomic E-state index is 11.6. The predicted octanol–water partition coefficient (Wildman–Crippen LogP) is 1.53. The summed E-state index contributed by atoms with van der Waals surface area (Å²) < 4.78 is 0. The smallest absolute Gasteiger partial charge is 0.164 e. The Morgan fingerprint density at radius 3 is 2.36 bits per heavy atom. The van der Waals surface area contributed by atoms with Crippen LogP contribution in [0.3, 0.4) is 0 Å². The van der Waals surface area contributed by atoms with E-state index in [9.17, 15) is 4.79 Å². The molecule has 0 saturated carbocycles. The van der Waals surface area contributed by atoms with E-state index in [1.54, 1.807) is 12.1 Å². The summed E-state index contributed by atoms with van der Waals surface area (Å²) in [7, 11) is 3.87. The largest absolute Gasteiger partial charge is 0.508 e. The molecule has 1 rings (SSSR count). The molecule has 0 unspecified atom stereocenters. The Bertz CT molecular complexity index is 304. The monoisotopic (exact) mass is 193 g/mol. The minimum atomic E-state index is 0.110. The number of aromatic hydroxyl groups is 1. The molecule has 3 heteroatoms. The second-order valence-electron chi connectivity index (χ2n) is 3.52. The van der Waals surface area contributed by atoms with Crippen LogP contribution in [0.15, 0.2) is 24.3 Å². The quantitative estimate of drug-likeness (QED) is 0.737. The van der Waals surface area contributed by atoms with Crippen molar-refractivity contribution in [1.29, 1.82) is 0 Å². The Hall–Kier alpha value is -1.35. The van der Waals surface area contributed by atoms with Crippen molar-refractivity contribution in [3.8, 4) is 5.75 Å². The van der Waals surface area contributed by atoms with Gasteiger partial charge >= 0.3 is 0 Å². The van der Waals surface area contributed by atoms with Gasteiger partial charge in [0.1, 0.15) is 5.75 Å². The number of carbonyl (C=O) groups is 1. The Balaban J connectivity index is 2.57. The van der Waals surface area contributed by atoms with Gasteiger partial charge in [0.2, 0.25) is 0 Å². The lowest BCUT2D eigenvalue weighted by Gasteiger charge is -2.08. The summed E-state index contributed by atoms with van der Waals surface area (Å²) in [6.45, 7) is 0.750. The summed E-state index contributed by atoms with van der Waals surface area (Å²) >= 11 is 0. The first-order valence-electron chi connectivity index (χ1n) is 4.56. The van der Waals surface area contributed by atoms with Crippen LogP contribution in [0, 0.1) is 0 Å². The number of ketones is 1. The van der Waals surface area contributed by atoms with Crippen molar-refractivity contribution in [1.82, 2.24) is 4.90 Å². The summed E-state index contributed by atoms with van der Waals surface area (Å²) in [6.07, 6.45) is 0.512. The molecular formula is C11H15NO2. The molecule has 14 heavy (non-hydrogen) atoms. The standard InChI is InChI=1S/C11H15NO2/c1-12(2)8-7-11(14)9-3-5-10(13)6-4-9/h3-6,13H,7-8H2,1-2H3. The number of carbonyl (C=O) groups excluding carboxylic acids is 1. The SMILES string of the molecule is CN(C)CCC(=O)c1ccc(O)cc1. The molecule has 0 spiro atoms. The maximum Gasteiger partial charge on any atom is 0.164 e. The van der Waals surface area contributed by atoms with Crippen LogP contribution in [0.5, 0.6) is 5.75 Å². The Kier molecular flexibility index (Phi) is 3.65. The highest BCUT2D eigenvalue weighted by Gasteiger charge is 2.05. The third-order valence-electron chi connectivity index (χ3n) is 1.98. The molecule has 0 aliphatic carbocycles. The van der Waals surface area contributed by atoms with Gasteiger partial charge in [-0.3, -0.25) is 4.79 Å². The molecule has 3 nitrogen and oxygen atoms in total. The molecule has 0 amide bonds. The summed E-state index contributed by atoms with van der Waals surface area (Å²) in [5.74, 6) is 0.299. The lowest BCUT2D eigenvalue weighted by Crippen LogP contribution is -2.16. The van der Waals surface area contributed by atoms with Crippen molar-refractivity contribution in [2.24, 2.45) is 0 Å². The third-order valence-corrected chi connectivity index (χ3v) is 1.98. The highest BCUT2D eigenvalue weighted by Crippen LogP contribution is 2.11. The average molecular weight is 193 g/mol. The normalized spacial score (nSPS) is 10.5. The first kappa shape index (κ1) is 10.7. The van der Waals surface area contributed by atoms with Crippen LogP contribution < -0.4 is 0 Å². The molecule has 0 aliphatic heterocycles. The van der Waals surface area contributed by atoms with E-state index < -0.39 is 0 Å². The number of phenolic OH excluding ortho intramolecular Hbond substituents is 1. The van der Waals surface area contributed by atoms with Gasteiger partial charge in [0.05, 0.1) is 0 Å². The molecule has 76 valence electrons. The van der Waals surface area contributed by atoms with E-state index in [1.165, 1.54) is 12.1 Å². The number of phenols is 1. The second-order valence-corrected chi connectivity index (χ2v) is 3.52. The van der Waals surface area contributed by atoms with Gasteiger partial charge in [0.25, 0.3) is 0 Å². The maximum atomic E-state index is 11.6. The molecular weight excluding hydrogens is 178 g/mol. The molecule has 0 radical (unpaired) electrons. The number of benzene rings is 1. The van der Waals surface area contributed by atoms with Crippen LogP contribution >= 0.6 is 0 Å². The van der Waals surface area contributed by atoms with Crippen LogP contribution in [0.2, 0.25) is 0 Å². The second kappa shape index (κ2) is 4.77. The number of nitrogens with zero attached hydrogens (tertiary/aromatic N) is 1. The van der Waals surface area contributed by atoms with Gasteiger partial charge in [-0.1, -0.05) is 0 Å². The first-order valence-corrected chi connectivity index (χ1v) is 4.56. The lowest BCUT2D eigenvalue weighted by molar-refractivity contribution is 0.0972. The number of rotatable bonds is 4. The summed E-state index contributed by atoms with van der Waals surface area (Å²) in [4.78, 5) is 13.5. The van der Waals surface area contributed by atoms with Gasteiger partial charge in [-0.25, -0.2) is 0 Å². The fraction of sp³-hybridized carbons (Fsp3) is 0.364. The van der Waals surface area contributed by atoms with Crippen molar-refractivity contribution in [2.45, 2.75) is 6.42 Å². The van der Waals surface area contributed by atoms with Gasteiger partial charge in [0.15, 0.2) is 5.78 Å². The third kappa shape index (κ3) is 3.18. The Morgan fingerprint density at radius 2 is 1.86 bits per heavy atom. The average Bonchev–Trinajstić information content (AvgIpc) is 2.15. The van der Waals surface area contributed by atoms with Gasteiger partial charge in [0, 0.05) is 18.5 Å². The molecule has 0 atom stereocenters. The summed E-state index contributed by atoms with van der Waals surface area (Å²) in [5.41, 5.74) is 0.657. The minimum absolute atomic E-state index is 0.110. The van der Waals surface area contributed by atoms with Crippen molar-refractivity contribution >= 4 is 5.78 Å². The zero-order valence-electron chi connectivity index (χ0n) is 8.53. The van der Waals surface area contributed by atoms with Crippen LogP contribution in [0.1, 0.15) is 16.8 Å². The Labute approximate surface area is 84.0 Å². The highest BCUT2D eigenvalue weighted by molar-refractivity contribution is 5.96. The van der Waals surface area contributed by atoms with Crippen molar-refractivity contribution in [3.05, 3.63) is 29.8 Å². The van der Waals surface area contributed by atoms with E-state index in [0.717, 1.165) is 6.54 Å². The van der Waals surface area contributed by atoms with E-state index in [1.807, 2.05) is 19.0 Å². The van der Waals surface area contributed by atoms with Crippen molar-refractivity contribution < 1.29 is 9.90 Å². The summed E-state index contributed by atoms with van der Waals surface area (Å²) in [5, 5.41) is 9.04. The van der Waals surface area contributed by atoms with E-state index in [0.29, 0.717) is 12.0 Å². The number of Topliss-reactive ketones (excluding diaryl/α,β-unsaturated/α-hetero) is 1. The molecule has 0 aromatic heterocycles. The fourth-order valence-electron chi connectivity index (χ4n) is 1.12. The fourth-order valence-corrected chi connectivity index (χ4v) is 1.12. The molecule has 0 heterocycles. The van der Waals surface area contributed by atoms with Crippen molar-refractivity contribution in [2.75, 3.05) is 20.6 Å². The molecule has 1 N–H and O–H groups in total. The first-order chi connectivity index (χ1) is 6.59. The van der Waals surface area contributed by atoms with Crippen LogP contribution in [-0.2, 0) is 0 Å². The zero-order valence-corrected chi connectivity index (χ0v) is 8.53.